The van der Waals surface area contributed by atoms with E-state index in [0.29, 0.717) is 16.7 Å². The van der Waals surface area contributed by atoms with Gasteiger partial charge in [-0.1, -0.05) is 35.4 Å². The molecule has 3 aromatic rings. The lowest BCUT2D eigenvalue weighted by Crippen LogP contribution is -2.24. The number of halogens is 4. The molecule has 3 rings (SSSR count). The van der Waals surface area contributed by atoms with Gasteiger partial charge in [-0.3, -0.25) is 0 Å². The summed E-state index contributed by atoms with van der Waals surface area (Å²) >= 11 is 0. The Morgan fingerprint density at radius 1 is 1.17 bits per heavy atom. The van der Waals surface area contributed by atoms with E-state index in [1.165, 1.54) is 35.0 Å². The largest absolute Gasteiger partial charge is 0.856 e. The zero-order valence-corrected chi connectivity index (χ0v) is 16.0. The van der Waals surface area contributed by atoms with Crippen molar-refractivity contribution in [1.29, 1.82) is 0 Å². The van der Waals surface area contributed by atoms with E-state index in [4.69, 9.17) is 0 Å². The Morgan fingerprint density at radius 2 is 1.87 bits per heavy atom. The number of hydrogen-bond donors (Lipinski definition) is 0. The summed E-state index contributed by atoms with van der Waals surface area (Å²) in [5.74, 6) is -1.45. The predicted octanol–water partition coefficient (Wildman–Crippen LogP) is 3.64. The van der Waals surface area contributed by atoms with Gasteiger partial charge >= 0.3 is 6.36 Å². The summed E-state index contributed by atoms with van der Waals surface area (Å²) in [4.78, 5) is 0. The minimum Gasteiger partial charge on any atom is -0.856 e. The van der Waals surface area contributed by atoms with Gasteiger partial charge in [0, 0.05) is 11.5 Å². The third-order valence-corrected chi connectivity index (χ3v) is 4.07. The topological polar surface area (TPSA) is 53.5 Å². The first-order chi connectivity index (χ1) is 14.1. The van der Waals surface area contributed by atoms with Gasteiger partial charge in [0.25, 0.3) is 6.33 Å². The van der Waals surface area contributed by atoms with E-state index in [9.17, 15) is 22.7 Å². The zero-order valence-electron chi connectivity index (χ0n) is 16.0. The highest BCUT2D eigenvalue weighted by molar-refractivity contribution is 5.94. The van der Waals surface area contributed by atoms with Crippen molar-refractivity contribution >= 4 is 12.0 Å². The van der Waals surface area contributed by atoms with Crippen molar-refractivity contribution in [1.82, 2.24) is 4.68 Å². The molecule has 0 aliphatic heterocycles. The van der Waals surface area contributed by atoms with Crippen LogP contribution in [0.2, 0.25) is 0 Å². The number of aryl methyl sites for hydroxylation is 1. The molecule has 0 atom stereocenters. The Hall–Kier alpha value is -3.62. The Labute approximate surface area is 169 Å². The first kappa shape index (κ1) is 21.1. The molecule has 0 fully saturated rings. The SMILES string of the molecule is C/C(=C\c1ccc(-c2ccc(OC(F)(F)F)cc2)c(F)c1)C([O-])=Nn1cc[n+](C)c1. The van der Waals surface area contributed by atoms with Gasteiger partial charge in [0.15, 0.2) is 6.20 Å². The second kappa shape index (κ2) is 8.40. The fourth-order valence-corrected chi connectivity index (χ4v) is 2.68. The van der Waals surface area contributed by atoms with E-state index in [-0.39, 0.29) is 11.3 Å². The van der Waals surface area contributed by atoms with Crippen LogP contribution in [0.1, 0.15) is 12.5 Å². The average molecular weight is 419 g/mol. The molecule has 156 valence electrons. The number of rotatable bonds is 5. The van der Waals surface area contributed by atoms with Gasteiger partial charge in [-0.2, -0.15) is 0 Å². The first-order valence-corrected chi connectivity index (χ1v) is 8.74. The predicted molar refractivity (Wildman–Crippen MR) is 101 cm³/mol. The zero-order chi connectivity index (χ0) is 21.9. The van der Waals surface area contributed by atoms with Crippen LogP contribution in [0.3, 0.4) is 0 Å². The van der Waals surface area contributed by atoms with E-state index < -0.39 is 18.1 Å². The molecule has 0 spiro atoms. The van der Waals surface area contributed by atoms with Crippen LogP contribution in [-0.4, -0.2) is 16.9 Å². The molecule has 0 bridgehead atoms. The summed E-state index contributed by atoms with van der Waals surface area (Å²) in [5, 5.41) is 16.1. The van der Waals surface area contributed by atoms with Crippen LogP contribution in [0.25, 0.3) is 17.2 Å². The van der Waals surface area contributed by atoms with E-state index in [2.05, 4.69) is 9.84 Å². The number of hydrogen-bond acceptors (Lipinski definition) is 3. The van der Waals surface area contributed by atoms with Gasteiger partial charge in [-0.15, -0.1) is 17.8 Å². The van der Waals surface area contributed by atoms with Crippen molar-refractivity contribution in [2.24, 2.45) is 12.1 Å². The quantitative estimate of drug-likeness (QED) is 0.274. The third-order valence-electron chi connectivity index (χ3n) is 4.07. The minimum atomic E-state index is -4.79. The molecule has 2 aromatic carbocycles. The monoisotopic (exact) mass is 419 g/mol. The molecule has 1 aromatic heterocycles. The highest BCUT2D eigenvalue weighted by Crippen LogP contribution is 2.28. The van der Waals surface area contributed by atoms with Crippen LogP contribution in [-0.2, 0) is 7.05 Å². The van der Waals surface area contributed by atoms with Gasteiger partial charge in [-0.25, -0.2) is 8.96 Å². The summed E-state index contributed by atoms with van der Waals surface area (Å²) in [7, 11) is 1.79. The molecule has 0 unspecified atom stereocenters. The Bertz CT molecular complexity index is 1100. The molecule has 0 amide bonds. The number of aromatic nitrogens is 2. The standard InChI is InChI=1S/C21H17F4N3O2/c1-14(20(29)26-28-10-9-27(2)13-28)11-15-3-8-18(19(22)12-15)16-4-6-17(7-5-16)30-21(23,24)25/h3-13H,1-2H3/b14-11+. The van der Waals surface area contributed by atoms with Crippen molar-refractivity contribution < 1.29 is 32.0 Å². The normalized spacial score (nSPS) is 12.9. The number of ether oxygens (including phenoxy) is 1. The Kier molecular flexibility index (Phi) is 5.91. The molecule has 5 nitrogen and oxygen atoms in total. The molecular formula is C21H17F4N3O2. The molecule has 1 heterocycles. The summed E-state index contributed by atoms with van der Waals surface area (Å²) in [6, 6.07) is 9.22. The lowest BCUT2D eigenvalue weighted by Gasteiger charge is -2.11. The molecule has 0 saturated carbocycles. The van der Waals surface area contributed by atoms with Crippen molar-refractivity contribution in [2.45, 2.75) is 13.3 Å². The van der Waals surface area contributed by atoms with Crippen LogP contribution < -0.4 is 14.4 Å². The van der Waals surface area contributed by atoms with E-state index in [1.54, 1.807) is 43.3 Å². The number of benzene rings is 2. The highest BCUT2D eigenvalue weighted by Gasteiger charge is 2.31. The maximum absolute atomic E-state index is 14.6. The van der Waals surface area contributed by atoms with Crippen LogP contribution in [0.15, 0.2) is 71.9 Å². The lowest BCUT2D eigenvalue weighted by atomic mass is 10.0. The average Bonchev–Trinajstić information content (AvgIpc) is 3.06. The third kappa shape index (κ3) is 5.47. The van der Waals surface area contributed by atoms with Crippen molar-refractivity contribution in [3.63, 3.8) is 0 Å². The van der Waals surface area contributed by atoms with Gasteiger partial charge in [0.1, 0.15) is 17.8 Å². The van der Waals surface area contributed by atoms with Crippen LogP contribution in [0, 0.1) is 5.82 Å². The number of imidazole rings is 1. The second-order valence-electron chi connectivity index (χ2n) is 6.50. The molecule has 0 aliphatic rings. The summed E-state index contributed by atoms with van der Waals surface area (Å²) in [6.07, 6.45) is 1.67. The van der Waals surface area contributed by atoms with Crippen molar-refractivity contribution in [3.05, 3.63) is 78.1 Å². The van der Waals surface area contributed by atoms with Gasteiger partial charge in [0.2, 0.25) is 0 Å². The molecule has 9 heteroatoms. The van der Waals surface area contributed by atoms with Gasteiger partial charge in [-0.05, 0) is 41.8 Å². The molecule has 30 heavy (non-hydrogen) atoms. The van der Waals surface area contributed by atoms with Crippen molar-refractivity contribution in [3.8, 4) is 16.9 Å². The number of nitrogens with zero attached hydrogens (tertiary/aromatic N) is 3. The summed E-state index contributed by atoms with van der Waals surface area (Å²) in [5.41, 5.74) is 1.36. The second-order valence-corrected chi connectivity index (χ2v) is 6.50. The molecule has 0 aliphatic carbocycles. The van der Waals surface area contributed by atoms with Gasteiger partial charge in [0.05, 0.1) is 7.05 Å². The maximum Gasteiger partial charge on any atom is 0.573 e. The smallest absolute Gasteiger partial charge is 0.573 e. The van der Waals surface area contributed by atoms with Crippen LogP contribution >= 0.6 is 0 Å². The minimum absolute atomic E-state index is 0.208. The first-order valence-electron chi connectivity index (χ1n) is 8.74. The van der Waals surface area contributed by atoms with Crippen molar-refractivity contribution in [2.75, 3.05) is 0 Å². The fourth-order valence-electron chi connectivity index (χ4n) is 2.68. The molecule has 0 saturated heterocycles. The maximum atomic E-state index is 14.6. The lowest BCUT2D eigenvalue weighted by molar-refractivity contribution is -0.671. The van der Waals surface area contributed by atoms with Crippen LogP contribution in [0.5, 0.6) is 5.75 Å². The highest BCUT2D eigenvalue weighted by atomic mass is 19.4. The van der Waals surface area contributed by atoms with Crippen LogP contribution in [0.4, 0.5) is 17.6 Å². The number of alkyl halides is 3. The van der Waals surface area contributed by atoms with Gasteiger partial charge < -0.3 is 9.84 Å². The Morgan fingerprint density at radius 3 is 2.43 bits per heavy atom. The summed E-state index contributed by atoms with van der Waals surface area (Å²) in [6.45, 7) is 1.57. The molecular weight excluding hydrogens is 402 g/mol. The molecule has 0 N–H and O–H groups in total. The fraction of sp³-hybridized carbons (Fsp3) is 0.143. The van der Waals surface area contributed by atoms with E-state index in [0.717, 1.165) is 12.1 Å². The molecule has 0 radical (unpaired) electrons. The van der Waals surface area contributed by atoms with E-state index in [1.807, 2.05) is 0 Å². The Balaban J connectivity index is 1.79. The summed E-state index contributed by atoms with van der Waals surface area (Å²) < 4.78 is 58.2. The van der Waals surface area contributed by atoms with E-state index >= 15 is 0 Å².